The van der Waals surface area contributed by atoms with Crippen LogP contribution in [0, 0.1) is 5.92 Å². The summed E-state index contributed by atoms with van der Waals surface area (Å²) in [7, 11) is -1.74. The number of primary sulfonamides is 1. The minimum absolute atomic E-state index is 0.0657. The molecule has 1 aromatic heterocycles. The van der Waals surface area contributed by atoms with Gasteiger partial charge in [0.15, 0.2) is 0 Å². The van der Waals surface area contributed by atoms with Gasteiger partial charge in [-0.05, 0) is 12.8 Å². The van der Waals surface area contributed by atoms with Gasteiger partial charge in [-0.2, -0.15) is 5.10 Å². The number of nitrogens with two attached hydrogens (primary N) is 1. The average molecular weight is 298 g/mol. The van der Waals surface area contributed by atoms with Crippen LogP contribution in [0.3, 0.4) is 0 Å². The highest BCUT2D eigenvalue weighted by Gasteiger charge is 2.35. The normalized spacial score (nSPS) is 23.6. The van der Waals surface area contributed by atoms with E-state index in [4.69, 9.17) is 5.14 Å². The first kappa shape index (κ1) is 13.6. The summed E-state index contributed by atoms with van der Waals surface area (Å²) in [6.45, 7) is 0.388. The molecule has 1 aromatic rings. The van der Waals surface area contributed by atoms with Gasteiger partial charge in [-0.15, -0.1) is 0 Å². The molecule has 1 aliphatic heterocycles. The van der Waals surface area contributed by atoms with Crippen LogP contribution >= 0.6 is 0 Å². The number of nitrogens with zero attached hydrogens (tertiary/aromatic N) is 3. The number of amides is 1. The fraction of sp³-hybridized carbons (Fsp3) is 0.667. The van der Waals surface area contributed by atoms with Crippen LogP contribution in [0.2, 0.25) is 0 Å². The third kappa shape index (κ3) is 2.71. The molecule has 1 unspecified atom stereocenters. The number of aromatic nitrogens is 2. The van der Waals surface area contributed by atoms with Crippen LogP contribution in [0.5, 0.6) is 0 Å². The van der Waals surface area contributed by atoms with E-state index < -0.39 is 10.0 Å². The number of carbonyl (C=O) groups excluding carboxylic acids is 1. The molecule has 20 heavy (non-hydrogen) atoms. The SMILES string of the molecule is Cn1nc(C2CC2)cc1N1CC(CS(N)(=O)=O)CC1=O. The lowest BCUT2D eigenvalue weighted by Crippen LogP contribution is -2.28. The average Bonchev–Trinajstić information content (AvgIpc) is 3.00. The Labute approximate surface area is 117 Å². The van der Waals surface area contributed by atoms with Crippen molar-refractivity contribution in [2.75, 3.05) is 17.2 Å². The van der Waals surface area contributed by atoms with Gasteiger partial charge in [0.2, 0.25) is 15.9 Å². The molecule has 2 N–H and O–H groups in total. The first-order valence-corrected chi connectivity index (χ1v) is 8.40. The summed E-state index contributed by atoms with van der Waals surface area (Å²) in [6, 6.07) is 1.94. The van der Waals surface area contributed by atoms with Crippen molar-refractivity contribution in [3.63, 3.8) is 0 Å². The number of carbonyl (C=O) groups is 1. The first-order chi connectivity index (χ1) is 9.33. The van der Waals surface area contributed by atoms with Gasteiger partial charge in [0.05, 0.1) is 11.4 Å². The van der Waals surface area contributed by atoms with Crippen LogP contribution in [-0.2, 0) is 21.9 Å². The molecule has 1 saturated carbocycles. The molecule has 7 nitrogen and oxygen atoms in total. The quantitative estimate of drug-likeness (QED) is 0.841. The zero-order valence-electron chi connectivity index (χ0n) is 11.3. The molecule has 3 rings (SSSR count). The van der Waals surface area contributed by atoms with Crippen molar-refractivity contribution < 1.29 is 13.2 Å². The van der Waals surface area contributed by atoms with Crippen molar-refractivity contribution in [1.82, 2.24) is 9.78 Å². The first-order valence-electron chi connectivity index (χ1n) is 6.68. The molecule has 1 aliphatic carbocycles. The molecule has 1 amide bonds. The predicted molar refractivity (Wildman–Crippen MR) is 73.6 cm³/mol. The van der Waals surface area contributed by atoms with E-state index in [1.807, 2.05) is 13.1 Å². The molecular formula is C12H18N4O3S. The molecule has 2 aliphatic rings. The minimum atomic E-state index is -3.55. The Kier molecular flexibility index (Phi) is 3.09. The minimum Gasteiger partial charge on any atom is -0.297 e. The van der Waals surface area contributed by atoms with Crippen molar-refractivity contribution in [3.05, 3.63) is 11.8 Å². The maximum atomic E-state index is 12.1. The van der Waals surface area contributed by atoms with E-state index in [1.165, 1.54) is 0 Å². The molecule has 0 aromatic carbocycles. The maximum Gasteiger partial charge on any atom is 0.228 e. The summed E-state index contributed by atoms with van der Waals surface area (Å²) in [6.07, 6.45) is 2.53. The topological polar surface area (TPSA) is 98.3 Å². The Bertz CT molecular complexity index is 648. The lowest BCUT2D eigenvalue weighted by molar-refractivity contribution is -0.117. The summed E-state index contributed by atoms with van der Waals surface area (Å²) >= 11 is 0. The van der Waals surface area contributed by atoms with Gasteiger partial charge in [0.1, 0.15) is 5.82 Å². The van der Waals surface area contributed by atoms with Gasteiger partial charge in [-0.3, -0.25) is 14.4 Å². The van der Waals surface area contributed by atoms with Crippen LogP contribution in [-0.4, -0.2) is 36.4 Å². The van der Waals surface area contributed by atoms with Crippen LogP contribution in [0.4, 0.5) is 5.82 Å². The molecule has 8 heteroatoms. The summed E-state index contributed by atoms with van der Waals surface area (Å²) in [5, 5.41) is 9.48. The fourth-order valence-corrected chi connectivity index (χ4v) is 3.63. The van der Waals surface area contributed by atoms with Gasteiger partial charge >= 0.3 is 0 Å². The zero-order valence-corrected chi connectivity index (χ0v) is 12.1. The Balaban J connectivity index is 1.78. The van der Waals surface area contributed by atoms with Crippen LogP contribution < -0.4 is 10.0 Å². The van der Waals surface area contributed by atoms with Crippen molar-refractivity contribution in [3.8, 4) is 0 Å². The highest BCUT2D eigenvalue weighted by molar-refractivity contribution is 7.89. The van der Waals surface area contributed by atoms with E-state index in [-0.39, 0.29) is 24.0 Å². The molecule has 0 bridgehead atoms. The Morgan fingerprint density at radius 3 is 2.75 bits per heavy atom. The van der Waals surface area contributed by atoms with E-state index in [1.54, 1.807) is 9.58 Å². The smallest absolute Gasteiger partial charge is 0.228 e. The van der Waals surface area contributed by atoms with Crippen molar-refractivity contribution in [2.45, 2.75) is 25.2 Å². The lowest BCUT2D eigenvalue weighted by Gasteiger charge is -2.16. The van der Waals surface area contributed by atoms with Gasteiger partial charge in [-0.25, -0.2) is 13.6 Å². The Hall–Kier alpha value is -1.41. The lowest BCUT2D eigenvalue weighted by atomic mass is 10.1. The van der Waals surface area contributed by atoms with Crippen LogP contribution in [0.15, 0.2) is 6.07 Å². The largest absolute Gasteiger partial charge is 0.297 e. The van der Waals surface area contributed by atoms with E-state index >= 15 is 0 Å². The summed E-state index contributed by atoms with van der Waals surface area (Å²) in [5.41, 5.74) is 1.02. The summed E-state index contributed by atoms with van der Waals surface area (Å²) in [5.74, 6) is 0.810. The van der Waals surface area contributed by atoms with E-state index in [0.717, 1.165) is 24.4 Å². The molecule has 1 saturated heterocycles. The highest BCUT2D eigenvalue weighted by Crippen LogP contribution is 2.40. The number of hydrogen-bond acceptors (Lipinski definition) is 4. The number of hydrogen-bond donors (Lipinski definition) is 1. The van der Waals surface area contributed by atoms with Crippen LogP contribution in [0.25, 0.3) is 0 Å². The van der Waals surface area contributed by atoms with Gasteiger partial charge in [0.25, 0.3) is 0 Å². The predicted octanol–water partition coefficient (Wildman–Crippen LogP) is -0.0611. The van der Waals surface area contributed by atoms with Crippen molar-refractivity contribution >= 4 is 21.7 Å². The highest BCUT2D eigenvalue weighted by atomic mass is 32.2. The summed E-state index contributed by atoms with van der Waals surface area (Å²) in [4.78, 5) is 13.7. The molecular weight excluding hydrogens is 280 g/mol. The second-order valence-electron chi connectivity index (χ2n) is 5.73. The third-order valence-electron chi connectivity index (χ3n) is 3.82. The second-order valence-corrected chi connectivity index (χ2v) is 7.39. The van der Waals surface area contributed by atoms with Crippen molar-refractivity contribution in [2.24, 2.45) is 18.1 Å². The maximum absolute atomic E-state index is 12.1. The van der Waals surface area contributed by atoms with E-state index in [9.17, 15) is 13.2 Å². The van der Waals surface area contributed by atoms with Gasteiger partial charge in [-0.1, -0.05) is 0 Å². The molecule has 0 radical (unpaired) electrons. The monoisotopic (exact) mass is 298 g/mol. The molecule has 0 spiro atoms. The Morgan fingerprint density at radius 1 is 1.45 bits per heavy atom. The van der Waals surface area contributed by atoms with Crippen molar-refractivity contribution in [1.29, 1.82) is 0 Å². The molecule has 2 fully saturated rings. The van der Waals surface area contributed by atoms with Gasteiger partial charge < -0.3 is 0 Å². The Morgan fingerprint density at radius 2 is 2.15 bits per heavy atom. The molecule has 1 atom stereocenters. The zero-order chi connectivity index (χ0) is 14.5. The van der Waals surface area contributed by atoms with E-state index in [2.05, 4.69) is 5.10 Å². The fourth-order valence-electron chi connectivity index (χ4n) is 2.75. The number of anilines is 1. The number of rotatable bonds is 4. The third-order valence-corrected chi connectivity index (χ3v) is 4.76. The molecule has 2 heterocycles. The van der Waals surface area contributed by atoms with Gasteiger partial charge in [0, 0.05) is 37.9 Å². The standard InChI is InChI=1S/C12H18N4O3S/c1-15-11(5-10(14-15)9-2-3-9)16-6-8(4-12(16)17)7-20(13,18)19/h5,8-9H,2-4,6-7H2,1H3,(H2,13,18,19). The number of aryl methyl sites for hydroxylation is 1. The number of sulfonamides is 1. The van der Waals surface area contributed by atoms with E-state index in [0.29, 0.717) is 12.5 Å². The van der Waals surface area contributed by atoms with Crippen LogP contribution in [0.1, 0.15) is 30.9 Å². The molecule has 110 valence electrons. The summed E-state index contributed by atoms with van der Waals surface area (Å²) < 4.78 is 24.0. The second kappa shape index (κ2) is 4.56.